The van der Waals surface area contributed by atoms with Crippen molar-refractivity contribution in [1.82, 2.24) is 19.5 Å². The largest absolute Gasteiger partial charge is 0.372 e. The predicted octanol–water partition coefficient (Wildman–Crippen LogP) is 2.09. The van der Waals surface area contributed by atoms with E-state index in [1.807, 2.05) is 6.07 Å². The van der Waals surface area contributed by atoms with Gasteiger partial charge in [-0.3, -0.25) is 4.57 Å². The number of benzene rings is 1. The van der Waals surface area contributed by atoms with E-state index in [4.69, 9.17) is 0 Å². The predicted molar refractivity (Wildman–Crippen MR) is 84.5 cm³/mol. The Morgan fingerprint density at radius 3 is 2.68 bits per heavy atom. The maximum absolute atomic E-state index is 12.5. The first kappa shape index (κ1) is 12.9. The zero-order valence-corrected chi connectivity index (χ0v) is 12.2. The van der Waals surface area contributed by atoms with Crippen molar-refractivity contribution in [3.8, 4) is 5.69 Å². The van der Waals surface area contributed by atoms with E-state index < -0.39 is 0 Å². The highest BCUT2D eigenvalue weighted by Crippen LogP contribution is 2.41. The first-order chi connectivity index (χ1) is 10.8. The third kappa shape index (κ3) is 2.04. The van der Waals surface area contributed by atoms with Crippen LogP contribution in [0.25, 0.3) is 16.6 Å². The number of aromatic nitrogens is 4. The molecule has 0 bridgehead atoms. The van der Waals surface area contributed by atoms with Crippen LogP contribution < -0.4 is 11.0 Å². The molecule has 0 radical (unpaired) electrons. The van der Waals surface area contributed by atoms with Crippen molar-refractivity contribution in [1.29, 1.82) is 0 Å². The van der Waals surface area contributed by atoms with Crippen molar-refractivity contribution in [3.63, 3.8) is 0 Å². The molecule has 3 aromatic rings. The SMILES string of the molecule is CNc1nc(=O)n(-c2cncnc2)c2cc(C3CC3)ccc12. The summed E-state index contributed by atoms with van der Waals surface area (Å²) in [5, 5.41) is 3.91. The topological polar surface area (TPSA) is 72.7 Å². The van der Waals surface area contributed by atoms with E-state index in [2.05, 4.69) is 32.4 Å². The van der Waals surface area contributed by atoms with Crippen molar-refractivity contribution in [3.05, 3.63) is 53.0 Å². The van der Waals surface area contributed by atoms with Crippen molar-refractivity contribution >= 4 is 16.7 Å². The van der Waals surface area contributed by atoms with Gasteiger partial charge in [0.1, 0.15) is 12.1 Å². The molecule has 1 aromatic carbocycles. The second-order valence-corrected chi connectivity index (χ2v) is 5.48. The van der Waals surface area contributed by atoms with Crippen LogP contribution in [-0.4, -0.2) is 26.6 Å². The fourth-order valence-electron chi connectivity index (χ4n) is 2.76. The summed E-state index contributed by atoms with van der Waals surface area (Å²) in [6.07, 6.45) is 7.13. The van der Waals surface area contributed by atoms with Crippen LogP contribution in [0.15, 0.2) is 41.7 Å². The van der Waals surface area contributed by atoms with Gasteiger partial charge >= 0.3 is 5.69 Å². The van der Waals surface area contributed by atoms with Gasteiger partial charge in [0.2, 0.25) is 0 Å². The van der Waals surface area contributed by atoms with Gasteiger partial charge in [0.25, 0.3) is 0 Å². The molecule has 0 aliphatic heterocycles. The Bertz CT molecular complexity index is 900. The third-order valence-corrected chi connectivity index (χ3v) is 4.01. The minimum absolute atomic E-state index is 0.334. The van der Waals surface area contributed by atoms with Gasteiger partial charge in [-0.05, 0) is 36.5 Å². The van der Waals surface area contributed by atoms with Crippen LogP contribution in [0.3, 0.4) is 0 Å². The van der Waals surface area contributed by atoms with E-state index in [9.17, 15) is 4.79 Å². The minimum atomic E-state index is -0.334. The number of hydrogen-bond acceptors (Lipinski definition) is 5. The van der Waals surface area contributed by atoms with E-state index >= 15 is 0 Å². The van der Waals surface area contributed by atoms with E-state index in [1.54, 1.807) is 24.0 Å². The maximum Gasteiger partial charge on any atom is 0.354 e. The molecule has 1 aliphatic rings. The van der Waals surface area contributed by atoms with Crippen LogP contribution in [0.1, 0.15) is 24.3 Å². The number of rotatable bonds is 3. The Kier molecular flexibility index (Phi) is 2.89. The summed E-state index contributed by atoms with van der Waals surface area (Å²) in [7, 11) is 1.77. The summed E-state index contributed by atoms with van der Waals surface area (Å²) < 4.78 is 1.57. The van der Waals surface area contributed by atoms with Crippen molar-refractivity contribution < 1.29 is 0 Å². The summed E-state index contributed by atoms with van der Waals surface area (Å²) in [6, 6.07) is 6.24. The molecule has 1 N–H and O–H groups in total. The monoisotopic (exact) mass is 293 g/mol. The van der Waals surface area contributed by atoms with E-state index in [1.165, 1.54) is 24.7 Å². The number of nitrogens with zero attached hydrogens (tertiary/aromatic N) is 4. The van der Waals surface area contributed by atoms with Gasteiger partial charge in [0.05, 0.1) is 23.6 Å². The smallest absolute Gasteiger partial charge is 0.354 e. The zero-order chi connectivity index (χ0) is 15.1. The number of anilines is 1. The highest BCUT2D eigenvalue weighted by Gasteiger charge is 2.24. The summed E-state index contributed by atoms with van der Waals surface area (Å²) in [5.41, 5.74) is 2.40. The van der Waals surface area contributed by atoms with E-state index in [0.717, 1.165) is 10.9 Å². The van der Waals surface area contributed by atoms with Crippen LogP contribution in [0.4, 0.5) is 5.82 Å². The van der Waals surface area contributed by atoms with E-state index in [-0.39, 0.29) is 5.69 Å². The Morgan fingerprint density at radius 1 is 1.23 bits per heavy atom. The molecule has 0 unspecified atom stereocenters. The molecule has 1 aliphatic carbocycles. The van der Waals surface area contributed by atoms with Gasteiger partial charge < -0.3 is 5.32 Å². The van der Waals surface area contributed by atoms with Crippen LogP contribution in [0.5, 0.6) is 0 Å². The minimum Gasteiger partial charge on any atom is -0.372 e. The van der Waals surface area contributed by atoms with Crippen molar-refractivity contribution in [2.45, 2.75) is 18.8 Å². The Labute approximate surface area is 126 Å². The molecule has 6 heteroatoms. The second-order valence-electron chi connectivity index (χ2n) is 5.48. The van der Waals surface area contributed by atoms with Gasteiger partial charge in [0, 0.05) is 12.4 Å². The summed E-state index contributed by atoms with van der Waals surface area (Å²) in [5.74, 6) is 1.21. The molecule has 2 heterocycles. The average molecular weight is 293 g/mol. The van der Waals surface area contributed by atoms with Crippen molar-refractivity contribution in [2.24, 2.45) is 0 Å². The first-order valence-corrected chi connectivity index (χ1v) is 7.28. The van der Waals surface area contributed by atoms with Crippen LogP contribution >= 0.6 is 0 Å². The molecule has 0 amide bonds. The third-order valence-electron chi connectivity index (χ3n) is 4.01. The highest BCUT2D eigenvalue weighted by atomic mass is 16.1. The van der Waals surface area contributed by atoms with Gasteiger partial charge in [-0.2, -0.15) is 4.98 Å². The molecule has 0 saturated heterocycles. The molecule has 4 rings (SSSR count). The molecular weight excluding hydrogens is 278 g/mol. The zero-order valence-electron chi connectivity index (χ0n) is 12.2. The fourth-order valence-corrected chi connectivity index (χ4v) is 2.76. The van der Waals surface area contributed by atoms with E-state index in [0.29, 0.717) is 17.4 Å². The molecular formula is C16H15N5O. The average Bonchev–Trinajstić information content (AvgIpc) is 3.39. The molecule has 22 heavy (non-hydrogen) atoms. The molecule has 2 aromatic heterocycles. The Balaban J connectivity index is 2.07. The normalized spacial score (nSPS) is 14.2. The second kappa shape index (κ2) is 4.91. The Hall–Kier alpha value is -2.76. The molecule has 6 nitrogen and oxygen atoms in total. The standard InChI is InChI=1S/C16H15N5O/c1-17-15-13-5-4-11(10-2-3-10)6-14(13)21(16(22)20-15)12-7-18-9-19-8-12/h4-10H,2-3H2,1H3,(H,17,20,22). The summed E-state index contributed by atoms with van der Waals surface area (Å²) in [6.45, 7) is 0. The van der Waals surface area contributed by atoms with Gasteiger partial charge in [0.15, 0.2) is 0 Å². The van der Waals surface area contributed by atoms with Gasteiger partial charge in [-0.15, -0.1) is 0 Å². The maximum atomic E-state index is 12.5. The lowest BCUT2D eigenvalue weighted by Gasteiger charge is -2.13. The fraction of sp³-hybridized carbons (Fsp3) is 0.250. The molecule has 1 fully saturated rings. The Morgan fingerprint density at radius 2 is 2.00 bits per heavy atom. The molecule has 0 spiro atoms. The highest BCUT2D eigenvalue weighted by molar-refractivity contribution is 5.90. The summed E-state index contributed by atoms with van der Waals surface area (Å²) >= 11 is 0. The molecule has 110 valence electrons. The lowest BCUT2D eigenvalue weighted by molar-refractivity contribution is 0.936. The number of hydrogen-bond donors (Lipinski definition) is 1. The summed E-state index contributed by atoms with van der Waals surface area (Å²) in [4.78, 5) is 24.6. The lowest BCUT2D eigenvalue weighted by atomic mass is 10.1. The quantitative estimate of drug-likeness (QED) is 0.800. The number of nitrogens with one attached hydrogen (secondary N) is 1. The number of fused-ring (bicyclic) bond motifs is 1. The van der Waals surface area contributed by atoms with Crippen LogP contribution in [0.2, 0.25) is 0 Å². The first-order valence-electron chi connectivity index (χ1n) is 7.28. The van der Waals surface area contributed by atoms with Gasteiger partial charge in [-0.1, -0.05) is 6.07 Å². The van der Waals surface area contributed by atoms with Crippen molar-refractivity contribution in [2.75, 3.05) is 12.4 Å². The molecule has 0 atom stereocenters. The van der Waals surface area contributed by atoms with Crippen LogP contribution in [0, 0.1) is 0 Å². The lowest BCUT2D eigenvalue weighted by Crippen LogP contribution is -2.23. The van der Waals surface area contributed by atoms with Crippen LogP contribution in [-0.2, 0) is 0 Å². The van der Waals surface area contributed by atoms with Gasteiger partial charge in [-0.25, -0.2) is 14.8 Å². The molecule has 1 saturated carbocycles.